The van der Waals surface area contributed by atoms with Gasteiger partial charge in [-0.1, -0.05) is 133 Å². The molecule has 0 fully saturated rings. The number of hydrogen-bond donors (Lipinski definition) is 0. The van der Waals surface area contributed by atoms with Crippen LogP contribution in [0.3, 0.4) is 0 Å². The number of benzene rings is 6. The van der Waals surface area contributed by atoms with E-state index >= 15 is 0 Å². The summed E-state index contributed by atoms with van der Waals surface area (Å²) in [7, 11) is 0. The first-order valence-electron chi connectivity index (χ1n) is 15.6. The van der Waals surface area contributed by atoms with Crippen molar-refractivity contribution in [2.45, 2.75) is 0 Å². The second-order valence-corrected chi connectivity index (χ2v) is 10.2. The first kappa shape index (κ1) is 21.8. The molecular weight excluding hydrogens is 524 g/mol. The number of para-hydroxylation sites is 2. The molecule has 0 aliphatic rings. The minimum absolute atomic E-state index is 0.0568. The van der Waals surface area contributed by atoms with Gasteiger partial charge in [-0.05, 0) is 35.3 Å². The number of hydrogen-bond acceptors (Lipinski definition) is 3. The summed E-state index contributed by atoms with van der Waals surface area (Å²) in [6.45, 7) is 0. The Balaban J connectivity index is 1.54. The average molecular weight is 554 g/mol. The monoisotopic (exact) mass is 553 g/mol. The summed E-state index contributed by atoms with van der Waals surface area (Å²) >= 11 is 0. The Morgan fingerprint density at radius 3 is 1.40 bits per heavy atom. The van der Waals surface area contributed by atoms with E-state index in [2.05, 4.69) is 12.1 Å². The lowest BCUT2D eigenvalue weighted by Gasteiger charge is -2.16. The first-order valence-corrected chi connectivity index (χ1v) is 14.1. The minimum atomic E-state index is -0.0593. The maximum absolute atomic E-state index is 9.78. The molecule has 4 heteroatoms. The van der Waals surface area contributed by atoms with Gasteiger partial charge in [0.25, 0.3) is 0 Å². The summed E-state index contributed by atoms with van der Waals surface area (Å²) in [5.41, 5.74) is 5.19. The van der Waals surface area contributed by atoms with Crippen LogP contribution in [-0.4, -0.2) is 19.5 Å². The lowest BCUT2D eigenvalue weighted by Crippen LogP contribution is -2.04. The van der Waals surface area contributed by atoms with Crippen LogP contribution in [0.25, 0.3) is 72.8 Å². The molecule has 0 atom stereocenters. The van der Waals surface area contributed by atoms with Gasteiger partial charge in [0.05, 0.1) is 20.8 Å². The Morgan fingerprint density at radius 1 is 0.419 bits per heavy atom. The van der Waals surface area contributed by atoms with Crippen molar-refractivity contribution >= 4 is 21.8 Å². The highest BCUT2D eigenvalue weighted by Crippen LogP contribution is 2.38. The molecule has 0 radical (unpaired) electrons. The minimum Gasteiger partial charge on any atom is -0.308 e. The molecule has 6 aromatic carbocycles. The SMILES string of the molecule is [2H]c1c([2H])c(-c2nc(-c3ccccc3)nc(-c3ccccc3)n2)c(-n2c3ccccc3c3ccccc32)c([2H])c1-c1ccccc1. The summed E-state index contributed by atoms with van der Waals surface area (Å²) in [5.74, 6) is 1.13. The molecule has 0 amide bonds. The van der Waals surface area contributed by atoms with Crippen LogP contribution >= 0.6 is 0 Å². The first-order chi connectivity index (χ1) is 22.6. The number of aromatic nitrogens is 4. The molecule has 0 saturated carbocycles. The van der Waals surface area contributed by atoms with E-state index in [1.54, 1.807) is 0 Å². The summed E-state index contributed by atoms with van der Waals surface area (Å²) in [4.78, 5) is 14.8. The highest BCUT2D eigenvalue weighted by Gasteiger charge is 2.20. The molecule has 2 heterocycles. The van der Waals surface area contributed by atoms with E-state index in [0.717, 1.165) is 32.9 Å². The second kappa shape index (κ2) is 10.5. The van der Waals surface area contributed by atoms with Gasteiger partial charge >= 0.3 is 0 Å². The smallest absolute Gasteiger partial charge is 0.166 e. The van der Waals surface area contributed by atoms with Gasteiger partial charge < -0.3 is 4.57 Å². The van der Waals surface area contributed by atoms with E-state index in [4.69, 9.17) is 15.0 Å². The molecule has 43 heavy (non-hydrogen) atoms. The fraction of sp³-hybridized carbons (Fsp3) is 0. The zero-order chi connectivity index (χ0) is 31.2. The normalized spacial score (nSPS) is 12.2. The van der Waals surface area contributed by atoms with Gasteiger partial charge in [0, 0.05) is 27.5 Å². The highest BCUT2D eigenvalue weighted by molar-refractivity contribution is 6.09. The fourth-order valence-electron chi connectivity index (χ4n) is 5.56. The van der Waals surface area contributed by atoms with E-state index in [0.29, 0.717) is 34.0 Å². The van der Waals surface area contributed by atoms with E-state index in [1.165, 1.54) is 0 Å². The van der Waals surface area contributed by atoms with Crippen LogP contribution in [0.4, 0.5) is 0 Å². The van der Waals surface area contributed by atoms with Crippen molar-refractivity contribution in [2.24, 2.45) is 0 Å². The van der Waals surface area contributed by atoms with Crippen LogP contribution in [0, 0.1) is 0 Å². The molecule has 0 bridgehead atoms. The van der Waals surface area contributed by atoms with Gasteiger partial charge in [-0.15, -0.1) is 0 Å². The predicted molar refractivity (Wildman–Crippen MR) is 176 cm³/mol. The molecular formula is C39H26N4. The van der Waals surface area contributed by atoms with Crippen molar-refractivity contribution in [3.8, 4) is 51.0 Å². The lowest BCUT2D eigenvalue weighted by molar-refractivity contribution is 1.06. The van der Waals surface area contributed by atoms with Crippen LogP contribution in [0.1, 0.15) is 4.11 Å². The third-order valence-corrected chi connectivity index (χ3v) is 7.58. The zero-order valence-corrected chi connectivity index (χ0v) is 23.1. The van der Waals surface area contributed by atoms with Crippen LogP contribution in [0.5, 0.6) is 0 Å². The number of nitrogens with zero attached hydrogens (tertiary/aromatic N) is 4. The van der Waals surface area contributed by atoms with Crippen LogP contribution in [0.15, 0.2) is 158 Å². The molecule has 4 nitrogen and oxygen atoms in total. The summed E-state index contributed by atoms with van der Waals surface area (Å²) in [6.07, 6.45) is 0. The summed E-state index contributed by atoms with van der Waals surface area (Å²) in [5, 5.41) is 2.05. The second-order valence-electron chi connectivity index (χ2n) is 10.2. The van der Waals surface area contributed by atoms with Crippen molar-refractivity contribution < 1.29 is 4.11 Å². The van der Waals surface area contributed by atoms with E-state index < -0.39 is 0 Å². The van der Waals surface area contributed by atoms with E-state index in [1.807, 2.05) is 132 Å². The van der Waals surface area contributed by atoms with Crippen LogP contribution in [-0.2, 0) is 0 Å². The van der Waals surface area contributed by atoms with Crippen LogP contribution < -0.4 is 0 Å². The van der Waals surface area contributed by atoms with Gasteiger partial charge in [-0.25, -0.2) is 15.0 Å². The van der Waals surface area contributed by atoms with Crippen molar-refractivity contribution in [1.29, 1.82) is 0 Å². The van der Waals surface area contributed by atoms with Crippen molar-refractivity contribution in [3.05, 3.63) is 158 Å². The van der Waals surface area contributed by atoms with Gasteiger partial charge in [-0.3, -0.25) is 0 Å². The van der Waals surface area contributed by atoms with Gasteiger partial charge in [-0.2, -0.15) is 0 Å². The molecule has 202 valence electrons. The third-order valence-electron chi connectivity index (χ3n) is 7.58. The largest absolute Gasteiger partial charge is 0.308 e. The zero-order valence-electron chi connectivity index (χ0n) is 26.1. The Labute approximate surface area is 253 Å². The molecule has 0 N–H and O–H groups in total. The number of fused-ring (bicyclic) bond motifs is 3. The molecule has 0 unspecified atom stereocenters. The summed E-state index contributed by atoms with van der Waals surface area (Å²) < 4.78 is 30.6. The maximum atomic E-state index is 9.78. The maximum Gasteiger partial charge on any atom is 0.166 e. The third kappa shape index (κ3) is 4.46. The van der Waals surface area contributed by atoms with Gasteiger partial charge in [0.1, 0.15) is 0 Å². The van der Waals surface area contributed by atoms with Crippen LogP contribution in [0.2, 0.25) is 0 Å². The Morgan fingerprint density at radius 2 is 0.860 bits per heavy atom. The molecule has 0 aliphatic carbocycles. The van der Waals surface area contributed by atoms with Crippen molar-refractivity contribution in [1.82, 2.24) is 19.5 Å². The Hall–Kier alpha value is -5.87. The van der Waals surface area contributed by atoms with Gasteiger partial charge in [0.15, 0.2) is 17.5 Å². The van der Waals surface area contributed by atoms with E-state index in [-0.39, 0.29) is 24.0 Å². The highest BCUT2D eigenvalue weighted by atomic mass is 15.1. The standard InChI is InChI=1S/C39H26N4/c1-4-14-27(15-5-1)30-24-25-33(36(26-30)43-34-22-12-10-20-31(34)32-21-11-13-23-35(32)43)39-41-37(28-16-6-2-7-17-28)40-38(42-39)29-18-8-3-9-19-29/h1-26H/i24D,25D,26D. The molecule has 0 spiro atoms. The topological polar surface area (TPSA) is 43.6 Å². The summed E-state index contributed by atoms with van der Waals surface area (Å²) in [6, 6.07) is 44.9. The molecule has 0 aliphatic heterocycles. The molecule has 0 saturated heterocycles. The molecule has 2 aromatic heterocycles. The van der Waals surface area contributed by atoms with Gasteiger partial charge in [0.2, 0.25) is 0 Å². The fourth-order valence-corrected chi connectivity index (χ4v) is 5.56. The lowest BCUT2D eigenvalue weighted by atomic mass is 10.0. The Kier molecular flexibility index (Phi) is 5.33. The van der Waals surface area contributed by atoms with Crippen molar-refractivity contribution in [3.63, 3.8) is 0 Å². The van der Waals surface area contributed by atoms with E-state index in [9.17, 15) is 4.11 Å². The van der Waals surface area contributed by atoms with Crippen molar-refractivity contribution in [2.75, 3.05) is 0 Å². The average Bonchev–Trinajstić information content (AvgIpc) is 3.45. The number of rotatable bonds is 5. The molecule has 8 aromatic rings. The predicted octanol–water partition coefficient (Wildman–Crippen LogP) is 9.64. The molecule has 8 rings (SSSR count). The quantitative estimate of drug-likeness (QED) is 0.213. The Bertz CT molecular complexity index is 2280.